The third kappa shape index (κ3) is 2.46. The molecule has 0 aliphatic carbocycles. The van der Waals surface area contributed by atoms with Crippen LogP contribution in [0.5, 0.6) is 5.75 Å². The van der Waals surface area contributed by atoms with E-state index in [-0.39, 0.29) is 11.3 Å². The molecule has 1 heterocycles. The molecule has 1 saturated heterocycles. The van der Waals surface area contributed by atoms with E-state index in [0.717, 1.165) is 12.5 Å². The molecular formula is C13H16F3NO. The minimum absolute atomic E-state index is 0.0106. The summed E-state index contributed by atoms with van der Waals surface area (Å²) in [5.41, 5.74) is -0.303. The van der Waals surface area contributed by atoms with Crippen molar-refractivity contribution in [2.45, 2.75) is 31.7 Å². The van der Waals surface area contributed by atoms with E-state index in [1.807, 2.05) is 0 Å². The van der Waals surface area contributed by atoms with Crippen molar-refractivity contribution < 1.29 is 17.9 Å². The van der Waals surface area contributed by atoms with Crippen LogP contribution in [0.3, 0.4) is 0 Å². The standard InChI is InChI=1S/C13H16F3NO/c1-2-18-11-6-5-9(8-10(11)14)13(15,16)12-4-3-7-17-12/h5-6,8,12,17H,2-4,7H2,1H3. The van der Waals surface area contributed by atoms with Gasteiger partial charge >= 0.3 is 0 Å². The van der Waals surface area contributed by atoms with Gasteiger partial charge in [-0.1, -0.05) is 0 Å². The average Bonchev–Trinajstić information content (AvgIpc) is 2.86. The van der Waals surface area contributed by atoms with Gasteiger partial charge in [0.2, 0.25) is 0 Å². The molecule has 1 aliphatic heterocycles. The molecule has 0 spiro atoms. The van der Waals surface area contributed by atoms with Gasteiger partial charge in [0.1, 0.15) is 0 Å². The lowest BCUT2D eigenvalue weighted by atomic mass is 9.99. The summed E-state index contributed by atoms with van der Waals surface area (Å²) in [4.78, 5) is 0. The highest BCUT2D eigenvalue weighted by molar-refractivity contribution is 5.32. The van der Waals surface area contributed by atoms with Gasteiger partial charge in [-0.3, -0.25) is 0 Å². The summed E-state index contributed by atoms with van der Waals surface area (Å²) < 4.78 is 46.7. The minimum atomic E-state index is -3.05. The van der Waals surface area contributed by atoms with Gasteiger partial charge in [0.05, 0.1) is 12.6 Å². The minimum Gasteiger partial charge on any atom is -0.491 e. The maximum Gasteiger partial charge on any atom is 0.288 e. The van der Waals surface area contributed by atoms with E-state index >= 15 is 0 Å². The Morgan fingerprint density at radius 2 is 2.22 bits per heavy atom. The lowest BCUT2D eigenvalue weighted by molar-refractivity contribution is -0.0379. The van der Waals surface area contributed by atoms with E-state index in [1.165, 1.54) is 12.1 Å². The van der Waals surface area contributed by atoms with Gasteiger partial charge in [-0.15, -0.1) is 0 Å². The highest BCUT2D eigenvalue weighted by Gasteiger charge is 2.42. The van der Waals surface area contributed by atoms with Crippen molar-refractivity contribution in [3.05, 3.63) is 29.6 Å². The topological polar surface area (TPSA) is 21.3 Å². The molecule has 0 radical (unpaired) electrons. The average molecular weight is 259 g/mol. The Balaban J connectivity index is 2.24. The smallest absolute Gasteiger partial charge is 0.288 e. The predicted molar refractivity (Wildman–Crippen MR) is 62.5 cm³/mol. The zero-order valence-corrected chi connectivity index (χ0v) is 10.2. The first-order valence-corrected chi connectivity index (χ1v) is 6.09. The van der Waals surface area contributed by atoms with Crippen LogP contribution in [0.15, 0.2) is 18.2 Å². The number of rotatable bonds is 4. The summed E-state index contributed by atoms with van der Waals surface area (Å²) in [5, 5.41) is 2.75. The Labute approximate surface area is 104 Å². The number of benzene rings is 1. The molecule has 100 valence electrons. The summed E-state index contributed by atoms with van der Waals surface area (Å²) in [5.74, 6) is -3.79. The van der Waals surface area contributed by atoms with Gasteiger partial charge in [-0.25, -0.2) is 4.39 Å². The number of hydrogen-bond acceptors (Lipinski definition) is 2. The Morgan fingerprint density at radius 3 is 2.78 bits per heavy atom. The molecule has 0 saturated carbocycles. The van der Waals surface area contributed by atoms with E-state index < -0.39 is 17.8 Å². The van der Waals surface area contributed by atoms with Crippen molar-refractivity contribution in [2.75, 3.05) is 13.2 Å². The van der Waals surface area contributed by atoms with E-state index in [1.54, 1.807) is 6.92 Å². The first-order valence-electron chi connectivity index (χ1n) is 6.09. The SMILES string of the molecule is CCOc1ccc(C(F)(F)C2CCCN2)cc1F. The second-order valence-electron chi connectivity index (χ2n) is 4.35. The number of hydrogen-bond donors (Lipinski definition) is 1. The Bertz CT molecular complexity index is 417. The number of alkyl halides is 2. The fourth-order valence-corrected chi connectivity index (χ4v) is 2.18. The first-order chi connectivity index (χ1) is 8.55. The first kappa shape index (κ1) is 13.2. The van der Waals surface area contributed by atoms with Crippen molar-refractivity contribution in [3.63, 3.8) is 0 Å². The van der Waals surface area contributed by atoms with Gasteiger partial charge in [-0.05, 0) is 44.5 Å². The summed E-state index contributed by atoms with van der Waals surface area (Å²) in [6, 6.07) is 2.45. The lowest BCUT2D eigenvalue weighted by Gasteiger charge is -2.24. The molecule has 0 bridgehead atoms. The number of nitrogens with one attached hydrogen (secondary N) is 1. The Morgan fingerprint density at radius 1 is 1.44 bits per heavy atom. The van der Waals surface area contributed by atoms with Gasteiger partial charge in [0.15, 0.2) is 11.6 Å². The predicted octanol–water partition coefficient (Wildman–Crippen LogP) is 3.07. The highest BCUT2D eigenvalue weighted by atomic mass is 19.3. The molecule has 18 heavy (non-hydrogen) atoms. The van der Waals surface area contributed by atoms with E-state index in [9.17, 15) is 13.2 Å². The van der Waals surface area contributed by atoms with Crippen LogP contribution in [0, 0.1) is 5.82 Å². The lowest BCUT2D eigenvalue weighted by Crippen LogP contribution is -2.38. The quantitative estimate of drug-likeness (QED) is 0.897. The molecule has 0 amide bonds. The van der Waals surface area contributed by atoms with Crippen LogP contribution >= 0.6 is 0 Å². The third-order valence-corrected chi connectivity index (χ3v) is 3.11. The van der Waals surface area contributed by atoms with Crippen LogP contribution < -0.4 is 10.1 Å². The van der Waals surface area contributed by atoms with Crippen molar-refractivity contribution in [1.29, 1.82) is 0 Å². The van der Waals surface area contributed by atoms with Gasteiger partial charge in [-0.2, -0.15) is 8.78 Å². The van der Waals surface area contributed by atoms with Gasteiger partial charge in [0, 0.05) is 5.56 Å². The van der Waals surface area contributed by atoms with Crippen LogP contribution in [-0.2, 0) is 5.92 Å². The van der Waals surface area contributed by atoms with E-state index in [2.05, 4.69) is 5.32 Å². The number of halogens is 3. The molecule has 1 aromatic carbocycles. The molecular weight excluding hydrogens is 243 g/mol. The third-order valence-electron chi connectivity index (χ3n) is 3.11. The van der Waals surface area contributed by atoms with Crippen LogP contribution in [0.2, 0.25) is 0 Å². The van der Waals surface area contributed by atoms with Gasteiger partial charge < -0.3 is 10.1 Å². The van der Waals surface area contributed by atoms with Crippen LogP contribution in [-0.4, -0.2) is 19.2 Å². The Hall–Kier alpha value is -1.23. The van der Waals surface area contributed by atoms with Crippen molar-refractivity contribution in [3.8, 4) is 5.75 Å². The van der Waals surface area contributed by atoms with Gasteiger partial charge in [0.25, 0.3) is 5.92 Å². The summed E-state index contributed by atoms with van der Waals surface area (Å²) in [6.07, 6.45) is 1.13. The summed E-state index contributed by atoms with van der Waals surface area (Å²) in [6.45, 7) is 2.60. The molecule has 1 aliphatic rings. The highest BCUT2D eigenvalue weighted by Crippen LogP contribution is 2.37. The zero-order chi connectivity index (χ0) is 13.2. The molecule has 2 nitrogen and oxygen atoms in total. The van der Waals surface area contributed by atoms with E-state index in [0.29, 0.717) is 19.6 Å². The van der Waals surface area contributed by atoms with Crippen molar-refractivity contribution in [1.82, 2.24) is 5.32 Å². The molecule has 1 unspecified atom stereocenters. The maximum atomic E-state index is 14.1. The fourth-order valence-electron chi connectivity index (χ4n) is 2.18. The molecule has 1 N–H and O–H groups in total. The molecule has 2 rings (SSSR count). The van der Waals surface area contributed by atoms with E-state index in [4.69, 9.17) is 4.74 Å². The maximum absolute atomic E-state index is 14.1. The molecule has 1 atom stereocenters. The monoisotopic (exact) mass is 259 g/mol. The molecule has 1 fully saturated rings. The van der Waals surface area contributed by atoms with Crippen molar-refractivity contribution in [2.24, 2.45) is 0 Å². The molecule has 1 aromatic rings. The number of ether oxygens (including phenoxy) is 1. The Kier molecular flexibility index (Phi) is 3.80. The summed E-state index contributed by atoms with van der Waals surface area (Å²) in [7, 11) is 0. The van der Waals surface area contributed by atoms with Crippen LogP contribution in [0.1, 0.15) is 25.3 Å². The van der Waals surface area contributed by atoms with Crippen LogP contribution in [0.25, 0.3) is 0 Å². The molecule has 0 aromatic heterocycles. The normalized spacial score (nSPS) is 20.1. The zero-order valence-electron chi connectivity index (χ0n) is 10.2. The molecule has 5 heteroatoms. The fraction of sp³-hybridized carbons (Fsp3) is 0.538. The largest absolute Gasteiger partial charge is 0.491 e. The van der Waals surface area contributed by atoms with Crippen LogP contribution in [0.4, 0.5) is 13.2 Å². The second-order valence-corrected chi connectivity index (χ2v) is 4.35. The van der Waals surface area contributed by atoms with Crippen molar-refractivity contribution >= 4 is 0 Å². The second kappa shape index (κ2) is 5.18. The summed E-state index contributed by atoms with van der Waals surface area (Å²) >= 11 is 0.